The minimum atomic E-state index is -4.28. The first-order chi connectivity index (χ1) is 8.94. The molecule has 0 bridgehead atoms. The van der Waals surface area contributed by atoms with Crippen molar-refractivity contribution in [3.63, 3.8) is 0 Å². The third-order valence-electron chi connectivity index (χ3n) is 2.36. The average Bonchev–Trinajstić information content (AvgIpc) is 2.66. The number of hydrogen-bond acceptors (Lipinski definition) is 2. The summed E-state index contributed by atoms with van der Waals surface area (Å²) in [6.45, 7) is -0.596. The molecule has 0 aliphatic heterocycles. The van der Waals surface area contributed by atoms with Crippen molar-refractivity contribution in [1.29, 1.82) is 0 Å². The maximum absolute atomic E-state index is 12.2. The van der Waals surface area contributed by atoms with Gasteiger partial charge in [0.25, 0.3) is 0 Å². The summed E-state index contributed by atoms with van der Waals surface area (Å²) in [5, 5.41) is 6.84. The van der Waals surface area contributed by atoms with Gasteiger partial charge < -0.3 is 5.32 Å². The lowest BCUT2D eigenvalue weighted by Gasteiger charge is -2.06. The van der Waals surface area contributed by atoms with Crippen LogP contribution in [0.1, 0.15) is 5.56 Å². The number of hydrogen-bond donors (Lipinski definition) is 1. The molecule has 0 fully saturated rings. The highest BCUT2D eigenvalue weighted by atomic mass is 79.9. The van der Waals surface area contributed by atoms with E-state index in [0.29, 0.717) is 16.8 Å². The van der Waals surface area contributed by atoms with Crippen LogP contribution in [0.5, 0.6) is 0 Å². The van der Waals surface area contributed by atoms with E-state index in [1.807, 2.05) is 30.3 Å². The molecule has 0 radical (unpaired) electrons. The fourth-order valence-electron chi connectivity index (χ4n) is 1.56. The predicted molar refractivity (Wildman–Crippen MR) is 69.8 cm³/mol. The molecule has 0 atom stereocenters. The Morgan fingerprint density at radius 1 is 1.21 bits per heavy atom. The van der Waals surface area contributed by atoms with Crippen LogP contribution in [0.15, 0.2) is 41.0 Å². The van der Waals surface area contributed by atoms with E-state index < -0.39 is 12.7 Å². The number of alkyl halides is 3. The van der Waals surface area contributed by atoms with Gasteiger partial charge >= 0.3 is 6.18 Å². The summed E-state index contributed by atoms with van der Waals surface area (Å²) in [5.41, 5.74) is 1.03. The Hall–Kier alpha value is -1.50. The van der Waals surface area contributed by atoms with Gasteiger partial charge in [0.1, 0.15) is 6.54 Å². The molecule has 2 rings (SSSR count). The smallest absolute Gasteiger partial charge is 0.364 e. The lowest BCUT2D eigenvalue weighted by Crippen LogP contribution is -2.18. The minimum absolute atomic E-state index is 0.396. The predicted octanol–water partition coefficient (Wildman–Crippen LogP) is 3.82. The van der Waals surface area contributed by atoms with Gasteiger partial charge in [0.2, 0.25) is 0 Å². The Bertz CT molecular complexity index is 537. The normalized spacial score (nSPS) is 11.6. The SMILES string of the molecule is FC(F)(F)Cn1cc(Br)c(NCc2ccccc2)n1. The van der Waals surface area contributed by atoms with E-state index in [1.165, 1.54) is 6.20 Å². The van der Waals surface area contributed by atoms with Crippen molar-refractivity contribution in [3.8, 4) is 0 Å². The number of benzene rings is 1. The molecule has 0 saturated heterocycles. The highest BCUT2D eigenvalue weighted by molar-refractivity contribution is 9.10. The zero-order chi connectivity index (χ0) is 13.9. The van der Waals surface area contributed by atoms with Gasteiger partial charge in [0.15, 0.2) is 5.82 Å². The molecule has 1 heterocycles. The maximum Gasteiger partial charge on any atom is 0.408 e. The number of aromatic nitrogens is 2. The Balaban J connectivity index is 2.01. The van der Waals surface area contributed by atoms with Crippen molar-refractivity contribution in [1.82, 2.24) is 9.78 Å². The van der Waals surface area contributed by atoms with Crippen molar-refractivity contribution in [2.24, 2.45) is 0 Å². The summed E-state index contributed by atoms with van der Waals surface area (Å²) < 4.78 is 38.1. The molecule has 1 aromatic carbocycles. The Kier molecular flexibility index (Phi) is 4.14. The van der Waals surface area contributed by atoms with E-state index in [4.69, 9.17) is 0 Å². The van der Waals surface area contributed by atoms with E-state index in [9.17, 15) is 13.2 Å². The van der Waals surface area contributed by atoms with Gasteiger partial charge in [-0.15, -0.1) is 0 Å². The van der Waals surface area contributed by atoms with Crippen molar-refractivity contribution in [3.05, 3.63) is 46.6 Å². The maximum atomic E-state index is 12.2. The second kappa shape index (κ2) is 5.64. The summed E-state index contributed by atoms with van der Waals surface area (Å²) in [6, 6.07) is 9.54. The standard InChI is InChI=1S/C12H11BrF3N3/c13-10-7-19(8-12(14,15)16)18-11(10)17-6-9-4-2-1-3-5-9/h1-5,7H,6,8H2,(H,17,18). The molecule has 102 valence electrons. The first-order valence-corrected chi connectivity index (χ1v) is 6.31. The zero-order valence-electron chi connectivity index (χ0n) is 9.78. The molecule has 1 N–H and O–H groups in total. The van der Waals surface area contributed by atoms with Gasteiger partial charge in [-0.05, 0) is 21.5 Å². The van der Waals surface area contributed by atoms with Crippen molar-refractivity contribution >= 4 is 21.7 Å². The van der Waals surface area contributed by atoms with E-state index in [0.717, 1.165) is 10.2 Å². The number of nitrogens with zero attached hydrogens (tertiary/aromatic N) is 2. The van der Waals surface area contributed by atoms with E-state index >= 15 is 0 Å². The van der Waals surface area contributed by atoms with Gasteiger partial charge in [-0.1, -0.05) is 30.3 Å². The molecule has 0 amide bonds. The monoisotopic (exact) mass is 333 g/mol. The number of nitrogens with one attached hydrogen (secondary N) is 1. The lowest BCUT2D eigenvalue weighted by molar-refractivity contribution is -0.142. The lowest BCUT2D eigenvalue weighted by atomic mass is 10.2. The summed E-state index contributed by atoms with van der Waals surface area (Å²) in [7, 11) is 0. The molecule has 3 nitrogen and oxygen atoms in total. The molecule has 0 aliphatic carbocycles. The number of rotatable bonds is 4. The quantitative estimate of drug-likeness (QED) is 0.921. The number of anilines is 1. The van der Waals surface area contributed by atoms with Gasteiger partial charge in [-0.2, -0.15) is 18.3 Å². The molecule has 7 heteroatoms. The fourth-order valence-corrected chi connectivity index (χ4v) is 2.02. The third kappa shape index (κ3) is 4.27. The van der Waals surface area contributed by atoms with E-state index in [-0.39, 0.29) is 0 Å². The largest absolute Gasteiger partial charge is 0.408 e. The summed E-state index contributed by atoms with van der Waals surface area (Å²) in [4.78, 5) is 0. The first-order valence-electron chi connectivity index (χ1n) is 5.51. The Morgan fingerprint density at radius 3 is 2.53 bits per heavy atom. The molecule has 19 heavy (non-hydrogen) atoms. The highest BCUT2D eigenvalue weighted by Crippen LogP contribution is 2.24. The van der Waals surface area contributed by atoms with Crippen LogP contribution >= 0.6 is 15.9 Å². The van der Waals surface area contributed by atoms with Crippen LogP contribution in [-0.4, -0.2) is 16.0 Å². The molecule has 0 unspecified atom stereocenters. The fraction of sp³-hybridized carbons (Fsp3) is 0.250. The molecule has 0 spiro atoms. The summed E-state index contributed by atoms with van der Waals surface area (Å²) in [6.07, 6.45) is -2.97. The van der Waals surface area contributed by atoms with Crippen molar-refractivity contribution in [2.45, 2.75) is 19.3 Å². The minimum Gasteiger partial charge on any atom is -0.364 e. The molecule has 1 aromatic heterocycles. The second-order valence-electron chi connectivity index (χ2n) is 3.98. The third-order valence-corrected chi connectivity index (χ3v) is 2.94. The number of halogens is 4. The first kappa shape index (κ1) is 13.9. The summed E-state index contributed by atoms with van der Waals surface area (Å²) >= 11 is 3.19. The van der Waals surface area contributed by atoms with Crippen LogP contribution in [0, 0.1) is 0 Å². The molecule has 2 aromatic rings. The van der Waals surface area contributed by atoms with Crippen molar-refractivity contribution < 1.29 is 13.2 Å². The van der Waals surface area contributed by atoms with Crippen LogP contribution < -0.4 is 5.32 Å². The Labute approximate surface area is 116 Å². The second-order valence-corrected chi connectivity index (χ2v) is 4.83. The van der Waals surface area contributed by atoms with Crippen LogP contribution in [-0.2, 0) is 13.1 Å². The van der Waals surface area contributed by atoms with Crippen LogP contribution in [0.25, 0.3) is 0 Å². The van der Waals surface area contributed by atoms with Gasteiger partial charge in [-0.3, -0.25) is 4.68 Å². The highest BCUT2D eigenvalue weighted by Gasteiger charge is 2.28. The van der Waals surface area contributed by atoms with Crippen LogP contribution in [0.3, 0.4) is 0 Å². The van der Waals surface area contributed by atoms with Crippen LogP contribution in [0.2, 0.25) is 0 Å². The summed E-state index contributed by atoms with van der Waals surface area (Å²) in [5.74, 6) is 0.396. The molecule has 0 saturated carbocycles. The van der Waals surface area contributed by atoms with Crippen molar-refractivity contribution in [2.75, 3.05) is 5.32 Å². The zero-order valence-corrected chi connectivity index (χ0v) is 11.4. The molecular weight excluding hydrogens is 323 g/mol. The van der Waals surface area contributed by atoms with E-state index in [1.54, 1.807) is 0 Å². The molecular formula is C12H11BrF3N3. The van der Waals surface area contributed by atoms with Gasteiger partial charge in [0.05, 0.1) is 4.47 Å². The molecule has 0 aliphatic rings. The van der Waals surface area contributed by atoms with Crippen LogP contribution in [0.4, 0.5) is 19.0 Å². The average molecular weight is 334 g/mol. The van der Waals surface area contributed by atoms with Gasteiger partial charge in [-0.25, -0.2) is 0 Å². The Morgan fingerprint density at radius 2 is 1.89 bits per heavy atom. The van der Waals surface area contributed by atoms with Gasteiger partial charge in [0, 0.05) is 12.7 Å². The topological polar surface area (TPSA) is 29.9 Å². The van der Waals surface area contributed by atoms with E-state index in [2.05, 4.69) is 26.3 Å².